The highest BCUT2D eigenvalue weighted by Crippen LogP contribution is 2.14. The molecule has 16 nitrogen and oxygen atoms in total. The lowest BCUT2D eigenvalue weighted by Gasteiger charge is -2.23. The Kier molecular flexibility index (Phi) is 14.6. The van der Waals surface area contributed by atoms with E-state index in [0.29, 0.717) is 0 Å². The number of hydrogen-bond donors (Lipinski definition) is 6. The number of amides is 6. The number of pyridine rings is 3. The Morgan fingerprint density at radius 1 is 0.469 bits per heavy atom. The van der Waals surface area contributed by atoms with Gasteiger partial charge >= 0.3 is 0 Å². The van der Waals surface area contributed by atoms with E-state index in [-0.39, 0.29) is 88.5 Å². The van der Waals surface area contributed by atoms with Crippen molar-refractivity contribution < 1.29 is 28.8 Å². The summed E-state index contributed by atoms with van der Waals surface area (Å²) in [5, 5.41) is 15.9. The van der Waals surface area contributed by atoms with E-state index in [1.165, 1.54) is 57.5 Å². The summed E-state index contributed by atoms with van der Waals surface area (Å²) in [7, 11) is 4.27. The molecule has 0 atom stereocenters. The SMILES string of the molecule is CNC(=O)c1cc(Cl)cc(C(=O)NCCN(CCNC(=O)c2cc(Cl)cc(C(=O)NC)n2)CCNC(=O)c2cc(Cl)cc(C(=O)NC)n2)n1. The smallest absolute Gasteiger partial charge is 0.270 e. The normalized spacial score (nSPS) is 10.6. The van der Waals surface area contributed by atoms with Crippen LogP contribution in [-0.4, -0.2) is 116 Å². The van der Waals surface area contributed by atoms with E-state index in [1.54, 1.807) is 0 Å². The molecule has 19 heteroatoms. The molecule has 0 saturated heterocycles. The van der Waals surface area contributed by atoms with Crippen molar-refractivity contribution >= 4 is 70.2 Å². The monoisotopic (exact) mass is 734 g/mol. The van der Waals surface area contributed by atoms with Gasteiger partial charge in [-0.2, -0.15) is 0 Å². The van der Waals surface area contributed by atoms with Crippen LogP contribution in [0.15, 0.2) is 36.4 Å². The second kappa shape index (κ2) is 18.6. The topological polar surface area (TPSA) is 217 Å². The van der Waals surface area contributed by atoms with Crippen molar-refractivity contribution in [1.29, 1.82) is 0 Å². The van der Waals surface area contributed by atoms with Crippen LogP contribution in [0.25, 0.3) is 0 Å². The maximum Gasteiger partial charge on any atom is 0.270 e. The van der Waals surface area contributed by atoms with Gasteiger partial charge in [0.1, 0.15) is 34.2 Å². The summed E-state index contributed by atoms with van der Waals surface area (Å²) in [4.78, 5) is 88.4. The Labute approximate surface area is 296 Å². The Balaban J connectivity index is 1.66. The van der Waals surface area contributed by atoms with Crippen molar-refractivity contribution in [3.63, 3.8) is 0 Å². The highest BCUT2D eigenvalue weighted by atomic mass is 35.5. The van der Waals surface area contributed by atoms with Gasteiger partial charge in [-0.15, -0.1) is 0 Å². The average molecular weight is 736 g/mol. The fourth-order valence-corrected chi connectivity index (χ4v) is 4.78. The minimum Gasteiger partial charge on any atom is -0.354 e. The second-order valence-corrected chi connectivity index (χ2v) is 11.3. The molecule has 0 saturated carbocycles. The van der Waals surface area contributed by atoms with E-state index in [4.69, 9.17) is 34.8 Å². The van der Waals surface area contributed by atoms with Crippen molar-refractivity contribution in [3.8, 4) is 0 Å². The van der Waals surface area contributed by atoms with E-state index in [9.17, 15) is 28.8 Å². The van der Waals surface area contributed by atoms with Gasteiger partial charge in [0.2, 0.25) is 0 Å². The summed E-state index contributed by atoms with van der Waals surface area (Å²) in [6, 6.07) is 7.97. The molecule has 3 heterocycles. The number of carbonyl (C=O) groups excluding carboxylic acids is 6. The molecule has 49 heavy (non-hydrogen) atoms. The van der Waals surface area contributed by atoms with Gasteiger partial charge in [0.15, 0.2) is 0 Å². The number of nitrogens with one attached hydrogen (secondary N) is 6. The fourth-order valence-electron chi connectivity index (χ4n) is 4.16. The van der Waals surface area contributed by atoms with Gasteiger partial charge in [0, 0.05) is 75.5 Å². The highest BCUT2D eigenvalue weighted by Gasteiger charge is 2.18. The first-order valence-corrected chi connectivity index (χ1v) is 15.7. The van der Waals surface area contributed by atoms with E-state index in [1.807, 2.05) is 4.90 Å². The number of carbonyl (C=O) groups is 6. The molecule has 0 aliphatic rings. The molecule has 3 aromatic heterocycles. The van der Waals surface area contributed by atoms with Gasteiger partial charge in [0.25, 0.3) is 35.4 Å². The zero-order valence-corrected chi connectivity index (χ0v) is 28.8. The van der Waals surface area contributed by atoms with Crippen LogP contribution >= 0.6 is 34.8 Å². The molecule has 0 unspecified atom stereocenters. The molecule has 0 fully saturated rings. The molecule has 0 bridgehead atoms. The Hall–Kier alpha value is -4.90. The van der Waals surface area contributed by atoms with Crippen molar-refractivity contribution in [1.82, 2.24) is 51.8 Å². The summed E-state index contributed by atoms with van der Waals surface area (Å²) in [6.07, 6.45) is 0. The maximum atomic E-state index is 12.8. The first-order valence-electron chi connectivity index (χ1n) is 14.6. The molecule has 0 aromatic carbocycles. The third-order valence-electron chi connectivity index (χ3n) is 6.59. The minimum absolute atomic E-state index is 0.0264. The summed E-state index contributed by atoms with van der Waals surface area (Å²) in [6.45, 7) is 1.11. The van der Waals surface area contributed by atoms with Crippen LogP contribution < -0.4 is 31.9 Å². The summed E-state index contributed by atoms with van der Waals surface area (Å²) >= 11 is 18.2. The van der Waals surface area contributed by atoms with Crippen LogP contribution in [0, 0.1) is 0 Å². The standard InChI is InChI=1S/C30H33Cl3N10O6/c1-34-25(44)19-10-16(31)13-22(40-19)28(47)37-4-7-43(8-5-38-29(48)23-14-17(32)11-20(41-23)26(45)35-2)9-6-39-30(49)24-15-18(33)12-21(42-24)27(46)36-3/h10-15H,4-9H2,1-3H3,(H,34,44)(H,35,45)(H,36,46)(H,37,47)(H,38,48)(H,39,49). The molecule has 0 spiro atoms. The van der Waals surface area contributed by atoms with Crippen molar-refractivity contribution in [2.75, 3.05) is 60.4 Å². The molecular formula is C30H33Cl3N10O6. The Morgan fingerprint density at radius 2 is 0.694 bits per heavy atom. The van der Waals surface area contributed by atoms with Gasteiger partial charge in [-0.3, -0.25) is 33.7 Å². The van der Waals surface area contributed by atoms with Gasteiger partial charge in [0.05, 0.1) is 0 Å². The van der Waals surface area contributed by atoms with Gasteiger partial charge in [-0.25, -0.2) is 15.0 Å². The van der Waals surface area contributed by atoms with Crippen LogP contribution in [-0.2, 0) is 0 Å². The quantitative estimate of drug-likeness (QED) is 0.129. The molecule has 0 aliphatic heterocycles. The van der Waals surface area contributed by atoms with E-state index in [0.717, 1.165) is 0 Å². The molecule has 0 aliphatic carbocycles. The van der Waals surface area contributed by atoms with Crippen LogP contribution in [0.5, 0.6) is 0 Å². The maximum absolute atomic E-state index is 12.8. The van der Waals surface area contributed by atoms with E-state index >= 15 is 0 Å². The van der Waals surface area contributed by atoms with Crippen molar-refractivity contribution in [3.05, 3.63) is 85.6 Å². The van der Waals surface area contributed by atoms with Crippen LogP contribution in [0.1, 0.15) is 62.9 Å². The predicted molar refractivity (Wildman–Crippen MR) is 181 cm³/mol. The lowest BCUT2D eigenvalue weighted by molar-refractivity contribution is 0.0934. The Bertz CT molecular complexity index is 1540. The number of nitrogens with zero attached hydrogens (tertiary/aromatic N) is 4. The third kappa shape index (κ3) is 11.6. The zero-order chi connectivity index (χ0) is 36.1. The molecular weight excluding hydrogens is 703 g/mol. The molecule has 260 valence electrons. The lowest BCUT2D eigenvalue weighted by Crippen LogP contribution is -2.43. The molecule has 6 N–H and O–H groups in total. The van der Waals surface area contributed by atoms with Gasteiger partial charge in [-0.1, -0.05) is 34.8 Å². The number of halogens is 3. The largest absolute Gasteiger partial charge is 0.354 e. The zero-order valence-electron chi connectivity index (χ0n) is 26.6. The average Bonchev–Trinajstić information content (AvgIpc) is 3.09. The summed E-state index contributed by atoms with van der Waals surface area (Å²) in [5.41, 5.74) is -0.267. The van der Waals surface area contributed by atoms with Crippen LogP contribution in [0.3, 0.4) is 0 Å². The van der Waals surface area contributed by atoms with Crippen LogP contribution in [0.4, 0.5) is 0 Å². The number of aromatic nitrogens is 3. The molecule has 6 amide bonds. The number of hydrogen-bond acceptors (Lipinski definition) is 10. The summed E-state index contributed by atoms with van der Waals surface area (Å²) in [5.74, 6) is -3.27. The van der Waals surface area contributed by atoms with Crippen molar-refractivity contribution in [2.45, 2.75) is 0 Å². The van der Waals surface area contributed by atoms with Gasteiger partial charge in [-0.05, 0) is 36.4 Å². The first-order chi connectivity index (χ1) is 23.3. The van der Waals surface area contributed by atoms with E-state index < -0.39 is 35.4 Å². The first kappa shape index (κ1) is 38.5. The molecule has 3 aromatic rings. The Morgan fingerprint density at radius 3 is 0.918 bits per heavy atom. The molecule has 3 rings (SSSR count). The van der Waals surface area contributed by atoms with E-state index in [2.05, 4.69) is 46.9 Å². The second-order valence-electron chi connectivity index (χ2n) is 10.0. The lowest BCUT2D eigenvalue weighted by atomic mass is 10.2. The predicted octanol–water partition coefficient (Wildman–Crippen LogP) is 0.802. The molecule has 0 radical (unpaired) electrons. The minimum atomic E-state index is -0.577. The highest BCUT2D eigenvalue weighted by molar-refractivity contribution is 6.32. The number of rotatable bonds is 15. The summed E-state index contributed by atoms with van der Waals surface area (Å²) < 4.78 is 0. The van der Waals surface area contributed by atoms with Crippen molar-refractivity contribution in [2.24, 2.45) is 0 Å². The van der Waals surface area contributed by atoms with Crippen LogP contribution in [0.2, 0.25) is 15.1 Å². The van der Waals surface area contributed by atoms with Gasteiger partial charge < -0.3 is 31.9 Å². The fraction of sp³-hybridized carbons (Fsp3) is 0.300. The third-order valence-corrected chi connectivity index (χ3v) is 7.24.